The number of fused-ring (bicyclic) bond motifs is 2. The van der Waals surface area contributed by atoms with Crippen molar-refractivity contribution < 1.29 is 4.79 Å². The third-order valence-corrected chi connectivity index (χ3v) is 11.4. The maximum atomic E-state index is 13.7. The quantitative estimate of drug-likeness (QED) is 0.330. The molecule has 3 fully saturated rings. The molecule has 7 rings (SSSR count). The molecule has 1 N–H and O–H groups in total. The second-order valence-corrected chi connectivity index (χ2v) is 14.9. The van der Waals surface area contributed by atoms with Crippen LogP contribution in [-0.4, -0.2) is 83.5 Å². The van der Waals surface area contributed by atoms with Gasteiger partial charge in [0.2, 0.25) is 5.91 Å². The number of likely N-dealkylation sites (tertiary alicyclic amines) is 1. The number of benzene rings is 2. The first-order chi connectivity index (χ1) is 22.0. The summed E-state index contributed by atoms with van der Waals surface area (Å²) >= 11 is 10.1. The molecule has 3 aliphatic heterocycles. The first-order valence-corrected chi connectivity index (χ1v) is 18.1. The van der Waals surface area contributed by atoms with Gasteiger partial charge in [-0.05, 0) is 120 Å². The summed E-state index contributed by atoms with van der Waals surface area (Å²) in [7, 11) is 0. The van der Waals surface area contributed by atoms with Crippen molar-refractivity contribution in [1.82, 2.24) is 25.0 Å². The summed E-state index contributed by atoms with van der Waals surface area (Å²) in [4.78, 5) is 26.3. The van der Waals surface area contributed by atoms with Gasteiger partial charge in [0.15, 0.2) is 0 Å². The van der Waals surface area contributed by atoms with Crippen molar-refractivity contribution in [1.29, 1.82) is 0 Å². The van der Waals surface area contributed by atoms with E-state index in [1.54, 1.807) is 0 Å². The van der Waals surface area contributed by atoms with Crippen LogP contribution in [-0.2, 0) is 24.1 Å². The van der Waals surface area contributed by atoms with E-state index < -0.39 is 0 Å². The lowest BCUT2D eigenvalue weighted by molar-refractivity contribution is -0.138. The molecule has 2 atom stereocenters. The van der Waals surface area contributed by atoms with Gasteiger partial charge in [0, 0.05) is 66.9 Å². The van der Waals surface area contributed by atoms with Crippen molar-refractivity contribution in [2.24, 2.45) is 5.92 Å². The van der Waals surface area contributed by atoms with Crippen LogP contribution < -0.4 is 5.32 Å². The van der Waals surface area contributed by atoms with Gasteiger partial charge in [-0.3, -0.25) is 19.6 Å². The summed E-state index contributed by atoms with van der Waals surface area (Å²) in [5, 5.41) is 4.26. The normalized spacial score (nSPS) is 23.7. The Balaban J connectivity index is 1.06. The van der Waals surface area contributed by atoms with Crippen molar-refractivity contribution in [3.05, 3.63) is 98.2 Å². The molecule has 2 aromatic carbocycles. The maximum absolute atomic E-state index is 13.7. The highest BCUT2D eigenvalue weighted by Gasteiger charge is 2.38. The summed E-state index contributed by atoms with van der Waals surface area (Å²) in [6.07, 6.45) is 10.0. The van der Waals surface area contributed by atoms with Gasteiger partial charge in [0.25, 0.3) is 0 Å². The van der Waals surface area contributed by atoms with E-state index in [4.69, 9.17) is 16.6 Å². The molecular formula is C37H45BrClN5O. The molecule has 6 nitrogen and oxygen atoms in total. The van der Waals surface area contributed by atoms with Gasteiger partial charge in [-0.25, -0.2) is 0 Å². The molecule has 4 heterocycles. The third kappa shape index (κ3) is 7.18. The van der Waals surface area contributed by atoms with Crippen LogP contribution in [0.25, 0.3) is 0 Å². The van der Waals surface area contributed by atoms with Gasteiger partial charge >= 0.3 is 0 Å². The lowest BCUT2D eigenvalue weighted by Crippen LogP contribution is -2.59. The van der Waals surface area contributed by atoms with Crippen LogP contribution in [0.15, 0.2) is 65.3 Å². The first-order valence-electron chi connectivity index (χ1n) is 17.0. The minimum Gasteiger partial charge on any atom is -0.337 e. The fourth-order valence-electron chi connectivity index (χ4n) is 8.34. The molecule has 3 aromatic rings. The number of halogens is 2. The van der Waals surface area contributed by atoms with Crippen molar-refractivity contribution >= 4 is 33.4 Å². The average molecular weight is 691 g/mol. The van der Waals surface area contributed by atoms with Gasteiger partial charge in [-0.15, -0.1) is 0 Å². The van der Waals surface area contributed by atoms with Crippen LogP contribution in [0.5, 0.6) is 0 Å². The number of nitrogens with one attached hydrogen (secondary N) is 1. The van der Waals surface area contributed by atoms with E-state index >= 15 is 0 Å². The molecule has 0 saturated carbocycles. The summed E-state index contributed by atoms with van der Waals surface area (Å²) in [5.74, 6) is 0.881. The molecule has 8 heteroatoms. The van der Waals surface area contributed by atoms with E-state index in [1.165, 1.54) is 27.9 Å². The number of rotatable bonds is 6. The Morgan fingerprint density at radius 1 is 0.911 bits per heavy atom. The zero-order valence-corrected chi connectivity index (χ0v) is 28.5. The molecule has 3 saturated heterocycles. The van der Waals surface area contributed by atoms with Crippen LogP contribution in [0.4, 0.5) is 0 Å². The fraction of sp³-hybridized carbons (Fsp3) is 0.514. The first kappa shape index (κ1) is 31.3. The molecule has 0 bridgehead atoms. The van der Waals surface area contributed by atoms with Gasteiger partial charge < -0.3 is 10.2 Å². The molecular weight excluding hydrogens is 646 g/mol. The number of nitrogens with zero attached hydrogens (tertiary/aromatic N) is 4. The number of aromatic nitrogens is 1. The zero-order chi connectivity index (χ0) is 30.8. The smallest absolute Gasteiger partial charge is 0.223 e. The Hall–Kier alpha value is -2.29. The summed E-state index contributed by atoms with van der Waals surface area (Å²) in [5.41, 5.74) is 6.55. The van der Waals surface area contributed by atoms with Crippen LogP contribution in [0.2, 0.25) is 5.02 Å². The molecule has 0 spiro atoms. The maximum Gasteiger partial charge on any atom is 0.223 e. The Morgan fingerprint density at radius 3 is 2.49 bits per heavy atom. The monoisotopic (exact) mass is 689 g/mol. The SMILES string of the molecule is O=C(CC1CCNCC1)N1CCN(C2CCN(C3c4ccc(Cl)cc4CCc4cc(Br)cnc43)CC2)C[C@@H]1Cc1ccccc1. The Morgan fingerprint density at radius 2 is 1.69 bits per heavy atom. The highest BCUT2D eigenvalue weighted by molar-refractivity contribution is 9.10. The van der Waals surface area contributed by atoms with Crippen molar-refractivity contribution in [3.63, 3.8) is 0 Å². The second-order valence-electron chi connectivity index (χ2n) is 13.5. The van der Waals surface area contributed by atoms with E-state index in [2.05, 4.69) is 84.5 Å². The largest absolute Gasteiger partial charge is 0.337 e. The number of piperidine rings is 2. The predicted molar refractivity (Wildman–Crippen MR) is 185 cm³/mol. The van der Waals surface area contributed by atoms with Crippen LogP contribution >= 0.6 is 27.5 Å². The fourth-order valence-corrected chi connectivity index (χ4v) is 8.91. The van der Waals surface area contributed by atoms with Crippen molar-refractivity contribution in [2.45, 2.75) is 69.5 Å². The minimum atomic E-state index is 0.152. The lowest BCUT2D eigenvalue weighted by Gasteiger charge is -2.47. The number of amides is 1. The number of carbonyl (C=O) groups excluding carboxylic acids is 1. The van der Waals surface area contributed by atoms with Crippen molar-refractivity contribution in [2.75, 3.05) is 45.8 Å². The highest BCUT2D eigenvalue weighted by Crippen LogP contribution is 2.39. The highest BCUT2D eigenvalue weighted by atomic mass is 79.9. The average Bonchev–Trinajstić information content (AvgIpc) is 3.22. The zero-order valence-electron chi connectivity index (χ0n) is 26.1. The number of pyridine rings is 1. The molecule has 1 aromatic heterocycles. The molecule has 238 valence electrons. The van der Waals surface area contributed by atoms with Crippen LogP contribution in [0, 0.1) is 5.92 Å². The van der Waals surface area contributed by atoms with E-state index in [0.717, 1.165) is 100 Å². The summed E-state index contributed by atoms with van der Waals surface area (Å²) in [6.45, 7) is 6.91. The van der Waals surface area contributed by atoms with E-state index in [-0.39, 0.29) is 12.1 Å². The summed E-state index contributed by atoms with van der Waals surface area (Å²) < 4.78 is 1.04. The molecule has 1 amide bonds. The Kier molecular flexibility index (Phi) is 9.90. The standard InChI is InChI=1S/C37H45BrClN5O/c38-30-22-29-7-6-28-23-31(39)8-9-34(28)37(36(29)41-24-30)42-16-12-32(13-17-42)43-18-19-44(35(45)21-27-10-14-40-15-11-27)33(25-43)20-26-4-2-1-3-5-26/h1-5,8-9,22-24,27,32-33,37,40H,6-7,10-21,25H2/t33-,37?/m0/s1. The predicted octanol–water partition coefficient (Wildman–Crippen LogP) is 6.30. The van der Waals surface area contributed by atoms with Crippen LogP contribution in [0.1, 0.15) is 66.1 Å². The van der Waals surface area contributed by atoms with Crippen LogP contribution in [0.3, 0.4) is 0 Å². The van der Waals surface area contributed by atoms with E-state index in [0.29, 0.717) is 24.3 Å². The van der Waals surface area contributed by atoms with Gasteiger partial charge in [0.1, 0.15) is 0 Å². The van der Waals surface area contributed by atoms with Gasteiger partial charge in [-0.1, -0.05) is 48.0 Å². The molecule has 1 aliphatic carbocycles. The van der Waals surface area contributed by atoms with Gasteiger partial charge in [0.05, 0.1) is 11.7 Å². The Bertz CT molecular complexity index is 1420. The lowest BCUT2D eigenvalue weighted by atomic mass is 9.91. The topological polar surface area (TPSA) is 51.7 Å². The van der Waals surface area contributed by atoms with E-state index in [9.17, 15) is 4.79 Å². The number of piperazine rings is 1. The van der Waals surface area contributed by atoms with Gasteiger partial charge in [-0.2, -0.15) is 0 Å². The molecule has 4 aliphatic rings. The number of hydrogen-bond donors (Lipinski definition) is 1. The number of aryl methyl sites for hydroxylation is 2. The van der Waals surface area contributed by atoms with Crippen molar-refractivity contribution in [3.8, 4) is 0 Å². The molecule has 1 unspecified atom stereocenters. The molecule has 45 heavy (non-hydrogen) atoms. The van der Waals surface area contributed by atoms with E-state index in [1.807, 2.05) is 12.3 Å². The number of carbonyl (C=O) groups is 1. The Labute approximate surface area is 281 Å². The minimum absolute atomic E-state index is 0.152. The number of hydrogen-bond acceptors (Lipinski definition) is 5. The summed E-state index contributed by atoms with van der Waals surface area (Å²) in [6, 6.07) is 20.4. The third-order valence-electron chi connectivity index (χ3n) is 10.7. The molecule has 0 radical (unpaired) electrons. The second kappa shape index (κ2) is 14.2.